The zero-order valence-electron chi connectivity index (χ0n) is 16.1. The fourth-order valence-corrected chi connectivity index (χ4v) is 3.36. The third kappa shape index (κ3) is 4.29. The molecule has 1 atom stereocenters. The lowest BCUT2D eigenvalue weighted by Crippen LogP contribution is -2.06. The van der Waals surface area contributed by atoms with Crippen molar-refractivity contribution < 1.29 is 19.4 Å². The summed E-state index contributed by atoms with van der Waals surface area (Å²) in [4.78, 5) is 23.9. The number of aryl methyl sites for hydroxylation is 1. The number of aliphatic hydroxyl groups excluding tert-OH is 1. The van der Waals surface area contributed by atoms with Crippen LogP contribution in [-0.2, 0) is 11.2 Å². The summed E-state index contributed by atoms with van der Waals surface area (Å²) in [6.45, 7) is 2.11. The first-order valence-electron chi connectivity index (χ1n) is 9.44. The largest absolute Gasteiger partial charge is 0.465 e. The van der Waals surface area contributed by atoms with Gasteiger partial charge in [-0.25, -0.2) is 4.79 Å². The third-order valence-electron chi connectivity index (χ3n) is 5.03. The van der Waals surface area contributed by atoms with Crippen LogP contribution < -0.4 is 0 Å². The molecule has 0 spiro atoms. The summed E-state index contributed by atoms with van der Waals surface area (Å²) in [7, 11) is 1.32. The van der Waals surface area contributed by atoms with Gasteiger partial charge in [0.25, 0.3) is 0 Å². The predicted octanol–water partition coefficient (Wildman–Crippen LogP) is 4.89. The first kappa shape index (κ1) is 19.8. The van der Waals surface area contributed by atoms with Crippen molar-refractivity contribution >= 4 is 22.5 Å². The second-order valence-corrected chi connectivity index (χ2v) is 6.80. The zero-order valence-corrected chi connectivity index (χ0v) is 16.1. The number of aliphatic hydroxyl groups is 1. The SMILES string of the molecule is CCc1cccc2ccc(C(O)CCC(=O)c3ccc(C(=O)OC)cc3)cc12. The summed E-state index contributed by atoms with van der Waals surface area (Å²) in [6, 6.07) is 18.5. The highest BCUT2D eigenvalue weighted by Gasteiger charge is 2.14. The lowest BCUT2D eigenvalue weighted by atomic mass is 9.95. The Balaban J connectivity index is 1.68. The minimum atomic E-state index is -0.701. The summed E-state index contributed by atoms with van der Waals surface area (Å²) in [6.07, 6.45) is 0.799. The molecule has 3 aromatic rings. The molecule has 3 rings (SSSR count). The number of methoxy groups -OCH3 is 1. The first-order valence-corrected chi connectivity index (χ1v) is 9.44. The van der Waals surface area contributed by atoms with E-state index in [0.29, 0.717) is 17.5 Å². The Bertz CT molecular complexity index is 989. The van der Waals surface area contributed by atoms with E-state index in [4.69, 9.17) is 0 Å². The van der Waals surface area contributed by atoms with Crippen LogP contribution in [0.3, 0.4) is 0 Å². The Hall–Kier alpha value is -2.98. The van der Waals surface area contributed by atoms with Gasteiger partial charge in [0.1, 0.15) is 0 Å². The lowest BCUT2D eigenvalue weighted by molar-refractivity contribution is 0.0600. The van der Waals surface area contributed by atoms with Crippen molar-refractivity contribution in [3.05, 3.63) is 82.9 Å². The van der Waals surface area contributed by atoms with Crippen LogP contribution in [0.15, 0.2) is 60.7 Å². The highest BCUT2D eigenvalue weighted by atomic mass is 16.5. The van der Waals surface area contributed by atoms with Gasteiger partial charge in [-0.1, -0.05) is 49.4 Å². The molecule has 0 amide bonds. The lowest BCUT2D eigenvalue weighted by Gasteiger charge is -2.13. The molecule has 4 heteroatoms. The van der Waals surface area contributed by atoms with E-state index >= 15 is 0 Å². The number of rotatable bonds is 7. The number of hydrogen-bond donors (Lipinski definition) is 1. The van der Waals surface area contributed by atoms with Crippen molar-refractivity contribution in [2.24, 2.45) is 0 Å². The molecule has 1 N–H and O–H groups in total. The van der Waals surface area contributed by atoms with E-state index in [2.05, 4.69) is 23.8 Å². The Morgan fingerprint density at radius 1 is 1.00 bits per heavy atom. The van der Waals surface area contributed by atoms with Gasteiger partial charge in [0.2, 0.25) is 0 Å². The van der Waals surface area contributed by atoms with Gasteiger partial charge in [0.15, 0.2) is 5.78 Å². The number of benzene rings is 3. The number of ketones is 1. The van der Waals surface area contributed by atoms with Crippen LogP contribution in [0.5, 0.6) is 0 Å². The number of hydrogen-bond acceptors (Lipinski definition) is 4. The average Bonchev–Trinajstić information content (AvgIpc) is 2.75. The number of fused-ring (bicyclic) bond motifs is 1. The molecule has 0 aliphatic carbocycles. The molecule has 28 heavy (non-hydrogen) atoms. The highest BCUT2D eigenvalue weighted by molar-refractivity contribution is 5.97. The Labute approximate surface area is 164 Å². The molecule has 0 bridgehead atoms. The molecular weight excluding hydrogens is 352 g/mol. The summed E-state index contributed by atoms with van der Waals surface area (Å²) < 4.78 is 4.65. The van der Waals surface area contributed by atoms with Crippen molar-refractivity contribution in [1.29, 1.82) is 0 Å². The molecule has 1 unspecified atom stereocenters. The van der Waals surface area contributed by atoms with Crippen LogP contribution in [0.25, 0.3) is 10.8 Å². The zero-order chi connectivity index (χ0) is 20.1. The monoisotopic (exact) mass is 376 g/mol. The molecule has 0 saturated carbocycles. The van der Waals surface area contributed by atoms with E-state index in [1.807, 2.05) is 24.3 Å². The van der Waals surface area contributed by atoms with Crippen LogP contribution in [0.2, 0.25) is 0 Å². The smallest absolute Gasteiger partial charge is 0.337 e. The topological polar surface area (TPSA) is 63.6 Å². The van der Waals surface area contributed by atoms with Crippen LogP contribution >= 0.6 is 0 Å². The van der Waals surface area contributed by atoms with Crippen molar-refractivity contribution in [3.63, 3.8) is 0 Å². The fourth-order valence-electron chi connectivity index (χ4n) is 3.36. The quantitative estimate of drug-likeness (QED) is 0.471. The summed E-state index contributed by atoms with van der Waals surface area (Å²) in [5.74, 6) is -0.498. The Morgan fingerprint density at radius 2 is 1.71 bits per heavy atom. The van der Waals surface area contributed by atoms with E-state index in [9.17, 15) is 14.7 Å². The molecule has 0 saturated heterocycles. The minimum Gasteiger partial charge on any atom is -0.465 e. The van der Waals surface area contributed by atoms with E-state index < -0.39 is 12.1 Å². The van der Waals surface area contributed by atoms with Gasteiger partial charge < -0.3 is 9.84 Å². The number of esters is 1. The van der Waals surface area contributed by atoms with Gasteiger partial charge in [-0.05, 0) is 52.9 Å². The number of Topliss-reactive ketones (excluding diaryl/α,β-unsaturated/α-hetero) is 1. The van der Waals surface area contributed by atoms with Gasteiger partial charge in [0.05, 0.1) is 18.8 Å². The summed E-state index contributed by atoms with van der Waals surface area (Å²) >= 11 is 0. The maximum atomic E-state index is 12.4. The fraction of sp³-hybridized carbons (Fsp3) is 0.250. The number of ether oxygens (including phenoxy) is 1. The number of carbonyl (C=O) groups excluding carboxylic acids is 2. The van der Waals surface area contributed by atoms with Crippen LogP contribution in [0.1, 0.15) is 57.7 Å². The van der Waals surface area contributed by atoms with Crippen LogP contribution in [0, 0.1) is 0 Å². The van der Waals surface area contributed by atoms with Gasteiger partial charge >= 0.3 is 5.97 Å². The van der Waals surface area contributed by atoms with E-state index in [-0.39, 0.29) is 12.2 Å². The molecule has 3 aromatic carbocycles. The van der Waals surface area contributed by atoms with Crippen molar-refractivity contribution in [1.82, 2.24) is 0 Å². The maximum absolute atomic E-state index is 12.4. The first-order chi connectivity index (χ1) is 13.5. The maximum Gasteiger partial charge on any atom is 0.337 e. The molecule has 0 heterocycles. The normalized spacial score (nSPS) is 12.0. The third-order valence-corrected chi connectivity index (χ3v) is 5.03. The molecule has 0 fully saturated rings. The minimum absolute atomic E-state index is 0.0643. The summed E-state index contributed by atoms with van der Waals surface area (Å²) in [5, 5.41) is 12.9. The van der Waals surface area contributed by atoms with Crippen LogP contribution in [0.4, 0.5) is 0 Å². The summed E-state index contributed by atoms with van der Waals surface area (Å²) in [5.41, 5.74) is 2.99. The van der Waals surface area contributed by atoms with Gasteiger partial charge in [-0.2, -0.15) is 0 Å². The molecule has 4 nitrogen and oxygen atoms in total. The van der Waals surface area contributed by atoms with Crippen LogP contribution in [-0.4, -0.2) is 24.0 Å². The molecular formula is C24H24O4. The van der Waals surface area contributed by atoms with Gasteiger partial charge in [-0.15, -0.1) is 0 Å². The van der Waals surface area contributed by atoms with Gasteiger partial charge in [-0.3, -0.25) is 4.79 Å². The molecule has 0 aromatic heterocycles. The van der Waals surface area contributed by atoms with Crippen molar-refractivity contribution in [3.8, 4) is 0 Å². The van der Waals surface area contributed by atoms with Crippen molar-refractivity contribution in [2.75, 3.05) is 7.11 Å². The van der Waals surface area contributed by atoms with E-state index in [1.54, 1.807) is 24.3 Å². The average molecular weight is 376 g/mol. The van der Waals surface area contributed by atoms with Gasteiger partial charge in [0, 0.05) is 12.0 Å². The molecule has 0 aliphatic heterocycles. The van der Waals surface area contributed by atoms with E-state index in [1.165, 1.54) is 12.7 Å². The standard InChI is InChI=1S/C24H24O4/c1-3-16-5-4-6-17-7-12-20(15-21(16)17)23(26)14-13-22(25)18-8-10-19(11-9-18)24(27)28-2/h4-12,15,23,26H,3,13-14H2,1-2H3. The van der Waals surface area contributed by atoms with E-state index in [0.717, 1.165) is 22.8 Å². The molecule has 0 radical (unpaired) electrons. The Kier molecular flexibility index (Phi) is 6.22. The van der Waals surface area contributed by atoms with Crippen molar-refractivity contribution in [2.45, 2.75) is 32.3 Å². The predicted molar refractivity (Wildman–Crippen MR) is 110 cm³/mol. The highest BCUT2D eigenvalue weighted by Crippen LogP contribution is 2.26. The Morgan fingerprint density at radius 3 is 2.39 bits per heavy atom. The second-order valence-electron chi connectivity index (χ2n) is 6.80. The molecule has 0 aliphatic rings. The number of carbonyl (C=O) groups is 2. The molecule has 144 valence electrons. The second kappa shape index (κ2) is 8.81.